The Morgan fingerprint density at radius 3 is 2.60 bits per heavy atom. The average molecular weight is 273 g/mol. The maximum Gasteiger partial charge on any atom is 0.521 e. The molecule has 1 heterocycles. The number of rotatable bonds is 2. The summed E-state index contributed by atoms with van der Waals surface area (Å²) >= 11 is 0. The number of aromatic nitrogens is 2. The fourth-order valence-corrected chi connectivity index (χ4v) is 1.28. The summed E-state index contributed by atoms with van der Waals surface area (Å²) in [6, 6.07) is 4.87. The summed E-state index contributed by atoms with van der Waals surface area (Å²) in [5, 5.41) is 8.57. The molecule has 7 heteroatoms. The summed E-state index contributed by atoms with van der Waals surface area (Å²) in [7, 11) is 0. The number of carbonyl (C=O) groups is 1. The van der Waals surface area contributed by atoms with Crippen molar-refractivity contribution >= 4 is 6.16 Å². The molecular weight excluding hydrogens is 265 g/mol. The third kappa shape index (κ3) is 3.26. The summed E-state index contributed by atoms with van der Waals surface area (Å²) in [6.45, 7) is 1.78. The van der Waals surface area contributed by atoms with Gasteiger partial charge in [0.25, 0.3) is 0 Å². The van der Waals surface area contributed by atoms with E-state index in [-0.39, 0.29) is 17.3 Å². The zero-order chi connectivity index (χ0) is 14.5. The van der Waals surface area contributed by atoms with Gasteiger partial charge in [0.15, 0.2) is 0 Å². The van der Waals surface area contributed by atoms with Crippen LogP contribution < -0.4 is 9.47 Å². The average Bonchev–Trinajstić information content (AvgIpc) is 2.41. The van der Waals surface area contributed by atoms with Crippen LogP contribution in [0, 0.1) is 24.1 Å². The van der Waals surface area contributed by atoms with Gasteiger partial charge in [-0.3, -0.25) is 0 Å². The number of carbonyl (C=O) groups excluding carboxylic acids is 1. The fraction of sp³-hybridized carbons (Fsp3) is 0.0769. The largest absolute Gasteiger partial charge is 0.521 e. The van der Waals surface area contributed by atoms with Crippen LogP contribution in [0.2, 0.25) is 0 Å². The van der Waals surface area contributed by atoms with Crippen molar-refractivity contribution in [2.45, 2.75) is 6.92 Å². The molecule has 0 aliphatic rings. The van der Waals surface area contributed by atoms with Crippen molar-refractivity contribution in [2.24, 2.45) is 0 Å². The lowest BCUT2D eigenvalue weighted by atomic mass is 10.2. The highest BCUT2D eigenvalue weighted by molar-refractivity contribution is 5.66. The van der Waals surface area contributed by atoms with Crippen LogP contribution in [-0.4, -0.2) is 16.1 Å². The molecule has 2 aromatic rings. The first-order chi connectivity index (χ1) is 9.58. The van der Waals surface area contributed by atoms with E-state index in [1.807, 2.05) is 0 Å². The van der Waals surface area contributed by atoms with Crippen molar-refractivity contribution in [3.05, 3.63) is 47.5 Å². The van der Waals surface area contributed by atoms with E-state index in [2.05, 4.69) is 9.97 Å². The maximum atomic E-state index is 13.3. The number of hydrogen-bond donors (Lipinski definition) is 0. The first kappa shape index (κ1) is 13.4. The second-order valence-corrected chi connectivity index (χ2v) is 3.75. The topological polar surface area (TPSA) is 85.1 Å². The molecule has 0 saturated carbocycles. The Morgan fingerprint density at radius 2 is 2.00 bits per heavy atom. The van der Waals surface area contributed by atoms with Gasteiger partial charge in [0.05, 0.1) is 5.56 Å². The number of halogens is 1. The molecule has 0 radical (unpaired) electrons. The van der Waals surface area contributed by atoms with Crippen molar-refractivity contribution in [3.63, 3.8) is 0 Å². The van der Waals surface area contributed by atoms with Gasteiger partial charge in [0, 0.05) is 18.5 Å². The second kappa shape index (κ2) is 5.75. The van der Waals surface area contributed by atoms with Crippen molar-refractivity contribution in [1.82, 2.24) is 9.97 Å². The third-order valence-electron chi connectivity index (χ3n) is 2.19. The minimum Gasteiger partial charge on any atom is -0.395 e. The van der Waals surface area contributed by atoms with Gasteiger partial charge in [-0.2, -0.15) is 5.26 Å². The van der Waals surface area contributed by atoms with Gasteiger partial charge in [0.2, 0.25) is 0 Å². The predicted octanol–water partition coefficient (Wildman–Crippen LogP) is 2.37. The minimum absolute atomic E-state index is 0.0846. The highest BCUT2D eigenvalue weighted by Crippen LogP contribution is 2.16. The van der Waals surface area contributed by atoms with Crippen LogP contribution >= 0.6 is 0 Å². The van der Waals surface area contributed by atoms with Crippen molar-refractivity contribution in [2.75, 3.05) is 0 Å². The number of benzene rings is 1. The highest BCUT2D eigenvalue weighted by atomic mass is 19.1. The monoisotopic (exact) mass is 273 g/mol. The molecule has 0 amide bonds. The van der Waals surface area contributed by atoms with E-state index < -0.39 is 12.0 Å². The van der Waals surface area contributed by atoms with Crippen LogP contribution in [0.5, 0.6) is 11.8 Å². The van der Waals surface area contributed by atoms with Crippen LogP contribution in [0.15, 0.2) is 30.6 Å². The molecule has 0 fully saturated rings. The molecule has 0 aliphatic heterocycles. The van der Waals surface area contributed by atoms with Crippen molar-refractivity contribution in [3.8, 4) is 17.8 Å². The summed E-state index contributed by atoms with van der Waals surface area (Å²) in [4.78, 5) is 18.9. The Labute approximate surface area is 113 Å². The summed E-state index contributed by atoms with van der Waals surface area (Å²) in [5.74, 6) is -0.872. The molecule has 0 N–H and O–H groups in total. The smallest absolute Gasteiger partial charge is 0.395 e. The number of nitrogens with zero attached hydrogens (tertiary/aromatic N) is 3. The fourth-order valence-electron chi connectivity index (χ4n) is 1.28. The van der Waals surface area contributed by atoms with Crippen LogP contribution in [0.3, 0.4) is 0 Å². The molecule has 1 aromatic carbocycles. The molecule has 0 saturated heterocycles. The van der Waals surface area contributed by atoms with Gasteiger partial charge >= 0.3 is 12.2 Å². The summed E-state index contributed by atoms with van der Waals surface area (Å²) in [5.41, 5.74) is 0.660. The van der Waals surface area contributed by atoms with Crippen molar-refractivity contribution in [1.29, 1.82) is 5.26 Å². The Morgan fingerprint density at radius 1 is 1.30 bits per heavy atom. The van der Waals surface area contributed by atoms with E-state index >= 15 is 0 Å². The lowest BCUT2D eigenvalue weighted by Crippen LogP contribution is -2.15. The van der Waals surface area contributed by atoms with Gasteiger partial charge in [-0.05, 0) is 24.6 Å². The molecule has 0 bridgehead atoms. The van der Waals surface area contributed by atoms with Gasteiger partial charge in [-0.25, -0.2) is 19.2 Å². The molecule has 20 heavy (non-hydrogen) atoms. The number of hydrogen-bond acceptors (Lipinski definition) is 6. The lowest BCUT2D eigenvalue weighted by molar-refractivity contribution is 0.147. The Bertz CT molecular complexity index is 680. The van der Waals surface area contributed by atoms with E-state index in [0.717, 1.165) is 11.6 Å². The standard InChI is InChI=1S/C13H8FN3O3/c1-8-6-16-12(17-7-8)20-13(18)19-10-3-2-9(5-15)11(14)4-10/h2-4,6-7H,1H3. The van der Waals surface area contributed by atoms with Crippen LogP contribution in [0.25, 0.3) is 0 Å². The van der Waals surface area contributed by atoms with Gasteiger partial charge in [-0.15, -0.1) is 0 Å². The zero-order valence-electron chi connectivity index (χ0n) is 10.3. The molecule has 0 unspecified atom stereocenters. The van der Waals surface area contributed by atoms with Crippen LogP contribution in [0.1, 0.15) is 11.1 Å². The molecular formula is C13H8FN3O3. The molecule has 100 valence electrons. The second-order valence-electron chi connectivity index (χ2n) is 3.75. The maximum absolute atomic E-state index is 13.3. The van der Waals surface area contributed by atoms with E-state index in [0.29, 0.717) is 0 Å². The van der Waals surface area contributed by atoms with E-state index in [1.54, 1.807) is 13.0 Å². The molecule has 2 rings (SSSR count). The quantitative estimate of drug-likeness (QED) is 0.616. The Kier molecular flexibility index (Phi) is 3.86. The molecule has 0 atom stereocenters. The Balaban J connectivity index is 2.03. The summed E-state index contributed by atoms with van der Waals surface area (Å²) < 4.78 is 22.7. The first-order valence-corrected chi connectivity index (χ1v) is 5.46. The minimum atomic E-state index is -1.10. The third-order valence-corrected chi connectivity index (χ3v) is 2.19. The normalized spacial score (nSPS) is 9.65. The van der Waals surface area contributed by atoms with E-state index in [9.17, 15) is 9.18 Å². The van der Waals surface area contributed by atoms with Gasteiger partial charge in [-0.1, -0.05) is 0 Å². The van der Waals surface area contributed by atoms with E-state index in [1.165, 1.54) is 24.5 Å². The van der Waals surface area contributed by atoms with Crippen molar-refractivity contribution < 1.29 is 18.7 Å². The summed E-state index contributed by atoms with van der Waals surface area (Å²) in [6.07, 6.45) is 1.84. The number of ether oxygens (including phenoxy) is 2. The Hall–Kier alpha value is -3.01. The highest BCUT2D eigenvalue weighted by Gasteiger charge is 2.11. The van der Waals surface area contributed by atoms with Crippen LogP contribution in [0.4, 0.5) is 9.18 Å². The van der Waals surface area contributed by atoms with Gasteiger partial charge < -0.3 is 9.47 Å². The SMILES string of the molecule is Cc1cnc(OC(=O)Oc2ccc(C#N)c(F)c2)nc1. The van der Waals surface area contributed by atoms with Gasteiger partial charge in [0.1, 0.15) is 17.6 Å². The van der Waals surface area contributed by atoms with E-state index in [4.69, 9.17) is 14.7 Å². The number of aryl methyl sites for hydroxylation is 1. The molecule has 1 aromatic heterocycles. The molecule has 0 spiro atoms. The first-order valence-electron chi connectivity index (χ1n) is 5.46. The zero-order valence-corrected chi connectivity index (χ0v) is 10.3. The van der Waals surface area contributed by atoms with Crippen LogP contribution in [-0.2, 0) is 0 Å². The molecule has 0 aliphatic carbocycles. The molecule has 6 nitrogen and oxygen atoms in total. The number of nitriles is 1. The lowest BCUT2D eigenvalue weighted by Gasteiger charge is -2.04. The predicted molar refractivity (Wildman–Crippen MR) is 64.5 cm³/mol.